The smallest absolute Gasteiger partial charge is 0.312 e. The van der Waals surface area contributed by atoms with E-state index in [4.69, 9.17) is 5.73 Å². The van der Waals surface area contributed by atoms with Crippen LogP contribution in [0.2, 0.25) is 0 Å². The zero-order valence-corrected chi connectivity index (χ0v) is 14.2. The first-order chi connectivity index (χ1) is 12.6. The van der Waals surface area contributed by atoms with Crippen LogP contribution in [0.5, 0.6) is 0 Å². The summed E-state index contributed by atoms with van der Waals surface area (Å²) in [6, 6.07) is 13.6. The third-order valence-corrected chi connectivity index (χ3v) is 4.74. The normalized spacial score (nSPS) is 13.5. The van der Waals surface area contributed by atoms with Crippen LogP contribution < -0.4 is 11.1 Å². The van der Waals surface area contributed by atoms with Crippen LogP contribution in [0.3, 0.4) is 0 Å². The van der Waals surface area contributed by atoms with Crippen molar-refractivity contribution >= 4 is 22.7 Å². The van der Waals surface area contributed by atoms with E-state index in [-0.39, 0.29) is 12.5 Å². The number of urea groups is 1. The molecule has 0 fully saturated rings. The Labute approximate surface area is 150 Å². The number of H-pyrrole nitrogens is 1. The van der Waals surface area contributed by atoms with E-state index in [2.05, 4.69) is 33.7 Å². The highest BCUT2D eigenvalue weighted by atomic mass is 16.2. The lowest BCUT2D eigenvalue weighted by Gasteiger charge is -2.27. The van der Waals surface area contributed by atoms with Gasteiger partial charge in [0.1, 0.15) is 0 Å². The molecule has 2 aromatic carbocycles. The second-order valence-electron chi connectivity index (χ2n) is 6.34. The molecule has 0 unspecified atom stereocenters. The number of benzene rings is 2. The van der Waals surface area contributed by atoms with Crippen molar-refractivity contribution in [2.45, 2.75) is 13.0 Å². The molecular formula is C19H19N5O2. The van der Waals surface area contributed by atoms with E-state index < -0.39 is 6.03 Å². The third kappa shape index (κ3) is 2.88. The lowest BCUT2D eigenvalue weighted by molar-refractivity contribution is -0.130. The minimum atomic E-state index is -0.698. The lowest BCUT2D eigenvalue weighted by atomic mass is 9.97. The highest BCUT2D eigenvalue weighted by Crippen LogP contribution is 2.33. The maximum atomic E-state index is 12.3. The van der Waals surface area contributed by atoms with E-state index in [1.165, 1.54) is 0 Å². The number of aromatic amines is 1. The van der Waals surface area contributed by atoms with Gasteiger partial charge < -0.3 is 16.0 Å². The van der Waals surface area contributed by atoms with Gasteiger partial charge in [-0.2, -0.15) is 5.10 Å². The molecule has 0 saturated carbocycles. The Morgan fingerprint density at radius 1 is 1.19 bits per heavy atom. The fourth-order valence-electron chi connectivity index (χ4n) is 3.44. The van der Waals surface area contributed by atoms with Crippen LogP contribution in [0.1, 0.15) is 11.3 Å². The van der Waals surface area contributed by atoms with Crippen LogP contribution in [-0.4, -0.2) is 40.1 Å². The maximum absolute atomic E-state index is 12.3. The standard InChI is InChI=1S/C19H19N5O2/c20-19(26)21-10-17(25)24-9-8-16-15(11-24)18(23-22-16)14-7-3-5-12-4-1-2-6-13(12)14/h1-7H,8-11H2,(H,22,23)(H3,20,21,26). The molecule has 0 atom stereocenters. The Bertz CT molecular complexity index is 989. The van der Waals surface area contributed by atoms with E-state index >= 15 is 0 Å². The zero-order chi connectivity index (χ0) is 18.1. The van der Waals surface area contributed by atoms with E-state index in [1.54, 1.807) is 4.90 Å². The van der Waals surface area contributed by atoms with Crippen LogP contribution in [0.15, 0.2) is 42.5 Å². The number of nitrogens with one attached hydrogen (secondary N) is 2. The molecule has 7 nitrogen and oxygen atoms in total. The topological polar surface area (TPSA) is 104 Å². The minimum absolute atomic E-state index is 0.0912. The maximum Gasteiger partial charge on any atom is 0.312 e. The molecule has 132 valence electrons. The molecule has 3 aromatic rings. The zero-order valence-electron chi connectivity index (χ0n) is 14.2. The number of nitrogens with zero attached hydrogens (tertiary/aromatic N) is 2. The van der Waals surface area contributed by atoms with Crippen molar-refractivity contribution in [3.05, 3.63) is 53.7 Å². The summed E-state index contributed by atoms with van der Waals surface area (Å²) in [5, 5.41) is 12.3. The fourth-order valence-corrected chi connectivity index (χ4v) is 3.44. The third-order valence-electron chi connectivity index (χ3n) is 4.74. The molecule has 1 aromatic heterocycles. The molecule has 0 spiro atoms. The van der Waals surface area contributed by atoms with Crippen LogP contribution in [-0.2, 0) is 17.8 Å². The Morgan fingerprint density at radius 3 is 2.85 bits per heavy atom. The van der Waals surface area contributed by atoms with E-state index in [9.17, 15) is 9.59 Å². The van der Waals surface area contributed by atoms with Crippen molar-refractivity contribution in [1.82, 2.24) is 20.4 Å². The predicted molar refractivity (Wildman–Crippen MR) is 98.2 cm³/mol. The van der Waals surface area contributed by atoms with Crippen molar-refractivity contribution in [2.75, 3.05) is 13.1 Å². The summed E-state index contributed by atoms with van der Waals surface area (Å²) in [6.07, 6.45) is 0.704. The Hall–Kier alpha value is -3.35. The molecule has 0 aliphatic carbocycles. The average molecular weight is 349 g/mol. The molecule has 7 heteroatoms. The van der Waals surface area contributed by atoms with Gasteiger partial charge in [0.25, 0.3) is 0 Å². The summed E-state index contributed by atoms with van der Waals surface area (Å²) in [6.45, 7) is 0.958. The second kappa shape index (κ2) is 6.51. The molecule has 1 aliphatic heterocycles. The van der Waals surface area contributed by atoms with Crippen molar-refractivity contribution in [2.24, 2.45) is 5.73 Å². The lowest BCUT2D eigenvalue weighted by Crippen LogP contribution is -2.43. The summed E-state index contributed by atoms with van der Waals surface area (Å²) in [4.78, 5) is 24.9. The number of amides is 3. The Kier molecular flexibility index (Phi) is 4.04. The summed E-state index contributed by atoms with van der Waals surface area (Å²) in [5.41, 5.74) is 9.05. The number of hydrogen-bond acceptors (Lipinski definition) is 3. The summed E-state index contributed by atoms with van der Waals surface area (Å²) in [5.74, 6) is -0.153. The van der Waals surface area contributed by atoms with Gasteiger partial charge in [0.15, 0.2) is 0 Å². The number of carbonyl (C=O) groups excluding carboxylic acids is 2. The summed E-state index contributed by atoms with van der Waals surface area (Å²) < 4.78 is 0. The van der Waals surface area contributed by atoms with Crippen molar-refractivity contribution < 1.29 is 9.59 Å². The Morgan fingerprint density at radius 2 is 2.00 bits per heavy atom. The van der Waals surface area contributed by atoms with Crippen molar-refractivity contribution in [1.29, 1.82) is 0 Å². The van der Waals surface area contributed by atoms with Gasteiger partial charge in [-0.1, -0.05) is 42.5 Å². The molecule has 4 N–H and O–H groups in total. The quantitative estimate of drug-likeness (QED) is 0.671. The summed E-state index contributed by atoms with van der Waals surface area (Å²) in [7, 11) is 0. The molecule has 2 heterocycles. The number of fused-ring (bicyclic) bond motifs is 2. The van der Waals surface area contributed by atoms with Gasteiger partial charge in [-0.05, 0) is 10.8 Å². The van der Waals surface area contributed by atoms with E-state index in [1.807, 2.05) is 24.3 Å². The SMILES string of the molecule is NC(=O)NCC(=O)N1CCc2[nH]nc(-c3cccc4ccccc34)c2C1. The monoisotopic (exact) mass is 349 g/mol. The van der Waals surface area contributed by atoms with Gasteiger partial charge in [0.05, 0.1) is 12.2 Å². The minimum Gasteiger partial charge on any atom is -0.352 e. The second-order valence-corrected chi connectivity index (χ2v) is 6.34. The van der Waals surface area contributed by atoms with Crippen LogP contribution in [0.4, 0.5) is 4.79 Å². The highest BCUT2D eigenvalue weighted by molar-refractivity contribution is 5.96. The van der Waals surface area contributed by atoms with Gasteiger partial charge in [-0.3, -0.25) is 9.89 Å². The number of aromatic nitrogens is 2. The molecule has 4 rings (SSSR count). The van der Waals surface area contributed by atoms with Crippen LogP contribution >= 0.6 is 0 Å². The first-order valence-electron chi connectivity index (χ1n) is 8.49. The molecular weight excluding hydrogens is 330 g/mol. The van der Waals surface area contributed by atoms with Gasteiger partial charge in [0.2, 0.25) is 5.91 Å². The molecule has 26 heavy (non-hydrogen) atoms. The highest BCUT2D eigenvalue weighted by Gasteiger charge is 2.26. The van der Waals surface area contributed by atoms with E-state index in [0.717, 1.165) is 33.3 Å². The van der Waals surface area contributed by atoms with Crippen LogP contribution in [0.25, 0.3) is 22.0 Å². The Balaban J connectivity index is 1.67. The molecule has 0 saturated heterocycles. The largest absolute Gasteiger partial charge is 0.352 e. The van der Waals surface area contributed by atoms with Crippen molar-refractivity contribution in [3.63, 3.8) is 0 Å². The average Bonchev–Trinajstić information content (AvgIpc) is 3.08. The predicted octanol–water partition coefficient (Wildman–Crippen LogP) is 1.78. The number of primary amides is 1. The number of carbonyl (C=O) groups is 2. The van der Waals surface area contributed by atoms with Gasteiger partial charge >= 0.3 is 6.03 Å². The molecule has 0 radical (unpaired) electrons. The molecule has 3 amide bonds. The first kappa shape index (κ1) is 16.1. The first-order valence-corrected chi connectivity index (χ1v) is 8.49. The van der Waals surface area contributed by atoms with Crippen LogP contribution in [0, 0.1) is 0 Å². The number of nitrogens with two attached hydrogens (primary N) is 1. The number of rotatable bonds is 3. The van der Waals surface area contributed by atoms with Gasteiger partial charge in [0, 0.05) is 36.3 Å². The molecule has 0 bridgehead atoms. The van der Waals surface area contributed by atoms with Crippen molar-refractivity contribution in [3.8, 4) is 11.3 Å². The van der Waals surface area contributed by atoms with Gasteiger partial charge in [-0.25, -0.2) is 4.79 Å². The van der Waals surface area contributed by atoms with Gasteiger partial charge in [-0.15, -0.1) is 0 Å². The number of hydrogen-bond donors (Lipinski definition) is 3. The fraction of sp³-hybridized carbons (Fsp3) is 0.211. The van der Waals surface area contributed by atoms with E-state index in [0.29, 0.717) is 19.5 Å². The molecule has 1 aliphatic rings. The summed E-state index contributed by atoms with van der Waals surface area (Å²) >= 11 is 0.